The molecule has 1 amide bonds. The fourth-order valence-electron chi connectivity index (χ4n) is 0.709. The molecule has 2 N–H and O–H groups in total. The largest absolute Gasteiger partial charge is 0.450 e. The van der Waals surface area contributed by atoms with Crippen LogP contribution in [-0.2, 0) is 4.74 Å². The van der Waals surface area contributed by atoms with Crippen LogP contribution in [0.2, 0.25) is 0 Å². The SMILES string of the molecule is CCOC(=O)NC(=S)NC1CC1. The fraction of sp³-hybridized carbons (Fsp3) is 0.714. The van der Waals surface area contributed by atoms with Gasteiger partial charge in [-0.3, -0.25) is 5.32 Å². The highest BCUT2D eigenvalue weighted by molar-refractivity contribution is 7.80. The van der Waals surface area contributed by atoms with Gasteiger partial charge in [-0.15, -0.1) is 0 Å². The highest BCUT2D eigenvalue weighted by Gasteiger charge is 2.22. The minimum Gasteiger partial charge on any atom is -0.450 e. The maximum absolute atomic E-state index is 10.8. The smallest absolute Gasteiger partial charge is 0.413 e. The van der Waals surface area contributed by atoms with Crippen LogP contribution in [0.5, 0.6) is 0 Å². The zero-order valence-electron chi connectivity index (χ0n) is 6.92. The van der Waals surface area contributed by atoms with Crippen LogP contribution in [0.15, 0.2) is 0 Å². The van der Waals surface area contributed by atoms with E-state index in [4.69, 9.17) is 12.2 Å². The number of carbonyl (C=O) groups is 1. The lowest BCUT2D eigenvalue weighted by atomic mass is 10.7. The van der Waals surface area contributed by atoms with Gasteiger partial charge < -0.3 is 10.1 Å². The van der Waals surface area contributed by atoms with Crippen molar-refractivity contribution in [2.75, 3.05) is 6.61 Å². The van der Waals surface area contributed by atoms with E-state index in [-0.39, 0.29) is 0 Å². The summed E-state index contributed by atoms with van der Waals surface area (Å²) >= 11 is 4.84. The molecule has 0 aliphatic heterocycles. The number of hydrogen-bond donors (Lipinski definition) is 2. The summed E-state index contributed by atoms with van der Waals surface area (Å²) in [5.74, 6) is 0. The van der Waals surface area contributed by atoms with E-state index in [0.717, 1.165) is 12.8 Å². The number of rotatable bonds is 2. The minimum absolute atomic E-state index is 0.357. The molecule has 0 atom stereocenters. The van der Waals surface area contributed by atoms with Crippen LogP contribution >= 0.6 is 12.2 Å². The van der Waals surface area contributed by atoms with Crippen LogP contribution in [0, 0.1) is 0 Å². The van der Waals surface area contributed by atoms with Gasteiger partial charge >= 0.3 is 6.09 Å². The Morgan fingerprint density at radius 1 is 1.67 bits per heavy atom. The molecule has 0 aromatic carbocycles. The van der Waals surface area contributed by atoms with E-state index in [2.05, 4.69) is 15.4 Å². The molecule has 0 radical (unpaired) electrons. The molecule has 0 heterocycles. The molecular weight excluding hydrogens is 176 g/mol. The molecule has 1 aliphatic carbocycles. The summed E-state index contributed by atoms with van der Waals surface area (Å²) in [6, 6.07) is 0.458. The van der Waals surface area contributed by atoms with Crippen LogP contribution in [-0.4, -0.2) is 23.9 Å². The third-order valence-electron chi connectivity index (χ3n) is 1.40. The number of alkyl carbamates (subject to hydrolysis) is 1. The average Bonchev–Trinajstić information content (AvgIpc) is 2.71. The number of nitrogens with one attached hydrogen (secondary N) is 2. The van der Waals surface area contributed by atoms with Crippen LogP contribution in [0.25, 0.3) is 0 Å². The first-order chi connectivity index (χ1) is 5.72. The van der Waals surface area contributed by atoms with Crippen LogP contribution < -0.4 is 10.6 Å². The second-order valence-electron chi connectivity index (χ2n) is 2.59. The van der Waals surface area contributed by atoms with Crippen molar-refractivity contribution in [3.63, 3.8) is 0 Å². The Kier molecular flexibility index (Phi) is 3.28. The number of ether oxygens (including phenoxy) is 1. The van der Waals surface area contributed by atoms with E-state index in [0.29, 0.717) is 17.8 Å². The summed E-state index contributed by atoms with van der Waals surface area (Å²) in [5, 5.41) is 5.73. The van der Waals surface area contributed by atoms with Crippen molar-refractivity contribution < 1.29 is 9.53 Å². The lowest BCUT2D eigenvalue weighted by Crippen LogP contribution is -2.40. The summed E-state index contributed by atoms with van der Waals surface area (Å²) < 4.78 is 4.64. The van der Waals surface area contributed by atoms with E-state index in [1.807, 2.05) is 0 Å². The van der Waals surface area contributed by atoms with Gasteiger partial charge in [0.15, 0.2) is 5.11 Å². The molecule has 0 bridgehead atoms. The highest BCUT2D eigenvalue weighted by Crippen LogP contribution is 2.18. The van der Waals surface area contributed by atoms with Gasteiger partial charge in [0, 0.05) is 6.04 Å². The highest BCUT2D eigenvalue weighted by atomic mass is 32.1. The van der Waals surface area contributed by atoms with Crippen LogP contribution in [0.4, 0.5) is 4.79 Å². The molecule has 0 aromatic rings. The third kappa shape index (κ3) is 3.52. The number of thiocarbonyl (C=S) groups is 1. The topological polar surface area (TPSA) is 50.4 Å². The molecule has 12 heavy (non-hydrogen) atoms. The van der Waals surface area contributed by atoms with E-state index in [9.17, 15) is 4.79 Å². The maximum atomic E-state index is 10.8. The standard InChI is InChI=1S/C7H12N2O2S/c1-2-11-7(10)9-6(12)8-5-3-4-5/h5H,2-4H2,1H3,(H2,8,9,10,12). The summed E-state index contributed by atoms with van der Waals surface area (Å²) in [4.78, 5) is 10.8. The molecule has 0 spiro atoms. The van der Waals surface area contributed by atoms with E-state index < -0.39 is 6.09 Å². The van der Waals surface area contributed by atoms with E-state index in [1.54, 1.807) is 6.92 Å². The Bertz CT molecular complexity index is 192. The third-order valence-corrected chi connectivity index (χ3v) is 1.62. The van der Waals surface area contributed by atoms with Crippen molar-refractivity contribution in [3.8, 4) is 0 Å². The molecule has 4 nitrogen and oxygen atoms in total. The van der Waals surface area contributed by atoms with Gasteiger partial charge in [-0.25, -0.2) is 4.79 Å². The molecule has 1 aliphatic rings. The van der Waals surface area contributed by atoms with Gasteiger partial charge in [0.25, 0.3) is 0 Å². The molecule has 1 rings (SSSR count). The van der Waals surface area contributed by atoms with Crippen LogP contribution in [0.1, 0.15) is 19.8 Å². The lowest BCUT2D eigenvalue weighted by molar-refractivity contribution is 0.157. The molecule has 1 saturated carbocycles. The van der Waals surface area contributed by atoms with Gasteiger partial charge in [0.2, 0.25) is 0 Å². The summed E-state index contributed by atoms with van der Waals surface area (Å²) in [6.45, 7) is 2.11. The first-order valence-electron chi connectivity index (χ1n) is 3.96. The molecule has 0 unspecified atom stereocenters. The van der Waals surface area contributed by atoms with Gasteiger partial charge in [-0.05, 0) is 32.0 Å². The predicted molar refractivity (Wildman–Crippen MR) is 48.9 cm³/mol. The normalized spacial score (nSPS) is 15.1. The number of amides is 1. The number of carbonyl (C=O) groups excluding carboxylic acids is 1. The maximum Gasteiger partial charge on any atom is 0.413 e. The second-order valence-corrected chi connectivity index (χ2v) is 3.00. The first-order valence-corrected chi connectivity index (χ1v) is 4.37. The summed E-state index contributed by atoms with van der Waals surface area (Å²) in [7, 11) is 0. The molecule has 68 valence electrons. The van der Waals surface area contributed by atoms with Gasteiger partial charge in [-0.1, -0.05) is 0 Å². The predicted octanol–water partition coefficient (Wildman–Crippen LogP) is 0.769. The molecule has 0 saturated heterocycles. The van der Waals surface area contributed by atoms with Crippen molar-refractivity contribution in [2.45, 2.75) is 25.8 Å². The van der Waals surface area contributed by atoms with Crippen LogP contribution in [0.3, 0.4) is 0 Å². The van der Waals surface area contributed by atoms with E-state index in [1.165, 1.54) is 0 Å². The van der Waals surface area contributed by atoms with Gasteiger partial charge in [-0.2, -0.15) is 0 Å². The molecular formula is C7H12N2O2S. The summed E-state index contributed by atoms with van der Waals surface area (Å²) in [6.07, 6.45) is 1.77. The summed E-state index contributed by atoms with van der Waals surface area (Å²) in [5.41, 5.74) is 0. The number of hydrogen-bond acceptors (Lipinski definition) is 3. The Balaban J connectivity index is 2.11. The zero-order chi connectivity index (χ0) is 8.97. The molecule has 1 fully saturated rings. The second kappa shape index (κ2) is 4.25. The molecule has 5 heteroatoms. The Hall–Kier alpha value is -0.840. The minimum atomic E-state index is -0.490. The average molecular weight is 188 g/mol. The fourth-order valence-corrected chi connectivity index (χ4v) is 0.959. The Labute approximate surface area is 76.7 Å². The lowest BCUT2D eigenvalue weighted by Gasteiger charge is -2.07. The Morgan fingerprint density at radius 2 is 2.33 bits per heavy atom. The molecule has 0 aromatic heterocycles. The zero-order valence-corrected chi connectivity index (χ0v) is 7.74. The van der Waals surface area contributed by atoms with Crippen molar-refractivity contribution in [3.05, 3.63) is 0 Å². The van der Waals surface area contributed by atoms with E-state index >= 15 is 0 Å². The monoisotopic (exact) mass is 188 g/mol. The van der Waals surface area contributed by atoms with Gasteiger partial charge in [0.05, 0.1) is 6.61 Å². The van der Waals surface area contributed by atoms with Crippen molar-refractivity contribution in [2.24, 2.45) is 0 Å². The van der Waals surface area contributed by atoms with Gasteiger partial charge in [0.1, 0.15) is 0 Å². The first kappa shape index (κ1) is 9.25. The van der Waals surface area contributed by atoms with Crippen molar-refractivity contribution >= 4 is 23.4 Å². The van der Waals surface area contributed by atoms with Crippen molar-refractivity contribution in [1.82, 2.24) is 10.6 Å². The Morgan fingerprint density at radius 3 is 2.83 bits per heavy atom. The quantitative estimate of drug-likeness (QED) is 0.628. The van der Waals surface area contributed by atoms with Crippen molar-refractivity contribution in [1.29, 1.82) is 0 Å².